The summed E-state index contributed by atoms with van der Waals surface area (Å²) in [6.45, 7) is 2.48. The Balaban J connectivity index is 1.30. The maximum absolute atomic E-state index is 12.5. The minimum absolute atomic E-state index is 0.163. The number of urea groups is 2. The van der Waals surface area contributed by atoms with Gasteiger partial charge in [0.1, 0.15) is 11.5 Å². The number of hydrogen-bond donors (Lipinski definition) is 1. The molecule has 1 atom stereocenters. The number of nitrogens with zero attached hydrogens (tertiary/aromatic N) is 3. The molecule has 0 bridgehead atoms. The highest BCUT2D eigenvalue weighted by Crippen LogP contribution is 2.37. The first-order valence-electron chi connectivity index (χ1n) is 10.4. The van der Waals surface area contributed by atoms with Gasteiger partial charge < -0.3 is 29.3 Å². The lowest BCUT2D eigenvalue weighted by Crippen LogP contribution is -2.51. The average molecular weight is 432 g/mol. The summed E-state index contributed by atoms with van der Waals surface area (Å²) in [4.78, 5) is 33.0. The first-order valence-corrected chi connectivity index (χ1v) is 10.4. The molecule has 31 heavy (non-hydrogen) atoms. The summed E-state index contributed by atoms with van der Waals surface area (Å²) >= 11 is 0. The summed E-state index contributed by atoms with van der Waals surface area (Å²) in [7, 11) is 3.18. The van der Waals surface area contributed by atoms with Gasteiger partial charge in [0, 0.05) is 32.6 Å². The number of nitrogens with one attached hydrogen (secondary N) is 1. The number of oxime groups is 1. The van der Waals surface area contributed by atoms with Crippen LogP contribution in [0.2, 0.25) is 0 Å². The van der Waals surface area contributed by atoms with Crippen molar-refractivity contribution in [1.29, 1.82) is 0 Å². The molecule has 4 rings (SSSR count). The highest BCUT2D eigenvalue weighted by Gasteiger charge is 2.45. The summed E-state index contributed by atoms with van der Waals surface area (Å²) in [5.41, 5.74) is 0.394. The SMILES string of the molecule is COc1cccc(OC)c1/C=N/OC1COC2(CCN(C(=O)N3CCNC3=O)CC2)C1. The molecule has 0 radical (unpaired) electrons. The molecule has 3 heterocycles. The minimum atomic E-state index is -0.319. The second-order valence-corrected chi connectivity index (χ2v) is 7.89. The zero-order valence-electron chi connectivity index (χ0n) is 17.8. The molecular weight excluding hydrogens is 404 g/mol. The first-order chi connectivity index (χ1) is 15.0. The Kier molecular flexibility index (Phi) is 6.17. The molecule has 1 N–H and O–H groups in total. The molecule has 1 aromatic carbocycles. The van der Waals surface area contributed by atoms with E-state index in [2.05, 4.69) is 10.5 Å². The monoisotopic (exact) mass is 432 g/mol. The average Bonchev–Trinajstić information content (AvgIpc) is 3.40. The molecule has 0 aliphatic carbocycles. The van der Waals surface area contributed by atoms with Crippen LogP contribution in [-0.4, -0.2) is 86.8 Å². The van der Waals surface area contributed by atoms with Crippen molar-refractivity contribution in [1.82, 2.24) is 15.1 Å². The van der Waals surface area contributed by atoms with Crippen molar-refractivity contribution in [3.8, 4) is 11.5 Å². The van der Waals surface area contributed by atoms with E-state index in [0.29, 0.717) is 69.1 Å². The molecular formula is C21H28N4O6. The van der Waals surface area contributed by atoms with Crippen LogP contribution in [0.5, 0.6) is 11.5 Å². The van der Waals surface area contributed by atoms with Crippen LogP contribution in [-0.2, 0) is 9.57 Å². The zero-order valence-corrected chi connectivity index (χ0v) is 17.8. The van der Waals surface area contributed by atoms with Gasteiger partial charge in [-0.1, -0.05) is 11.2 Å². The number of methoxy groups -OCH3 is 2. The predicted octanol–water partition coefficient (Wildman–Crippen LogP) is 1.82. The number of benzene rings is 1. The molecule has 0 aromatic heterocycles. The number of carbonyl (C=O) groups is 2. The van der Waals surface area contributed by atoms with E-state index in [1.165, 1.54) is 4.90 Å². The molecule has 1 unspecified atom stereocenters. The first kappa shape index (κ1) is 21.2. The third kappa shape index (κ3) is 4.39. The fourth-order valence-electron chi connectivity index (χ4n) is 4.33. The van der Waals surface area contributed by atoms with Crippen LogP contribution in [0, 0.1) is 0 Å². The van der Waals surface area contributed by atoms with Gasteiger partial charge in [0.05, 0.1) is 38.2 Å². The van der Waals surface area contributed by atoms with E-state index in [9.17, 15) is 9.59 Å². The van der Waals surface area contributed by atoms with E-state index in [-0.39, 0.29) is 23.8 Å². The molecule has 3 aliphatic rings. The molecule has 3 aliphatic heterocycles. The molecule has 1 spiro atoms. The van der Waals surface area contributed by atoms with E-state index >= 15 is 0 Å². The number of rotatable bonds is 5. The van der Waals surface area contributed by atoms with Gasteiger partial charge in [-0.3, -0.25) is 0 Å². The highest BCUT2D eigenvalue weighted by atomic mass is 16.7. The van der Waals surface area contributed by atoms with Gasteiger partial charge in [-0.25, -0.2) is 14.5 Å². The number of hydrogen-bond acceptors (Lipinski definition) is 7. The summed E-state index contributed by atoms with van der Waals surface area (Å²) in [5, 5.41) is 6.80. The Labute approximate surface area is 181 Å². The number of ether oxygens (including phenoxy) is 3. The molecule has 1 aromatic rings. The van der Waals surface area contributed by atoms with Gasteiger partial charge in [-0.05, 0) is 25.0 Å². The van der Waals surface area contributed by atoms with Crippen LogP contribution >= 0.6 is 0 Å². The molecule has 10 heteroatoms. The maximum Gasteiger partial charge on any atom is 0.328 e. The van der Waals surface area contributed by atoms with Crippen molar-refractivity contribution in [2.24, 2.45) is 5.16 Å². The van der Waals surface area contributed by atoms with Gasteiger partial charge in [-0.15, -0.1) is 0 Å². The lowest BCUT2D eigenvalue weighted by atomic mass is 9.88. The van der Waals surface area contributed by atoms with Gasteiger partial charge in [0.25, 0.3) is 0 Å². The van der Waals surface area contributed by atoms with Crippen LogP contribution in [0.15, 0.2) is 23.4 Å². The number of carbonyl (C=O) groups excluding carboxylic acids is 2. The summed E-state index contributed by atoms with van der Waals surface area (Å²) in [5.74, 6) is 1.30. The Morgan fingerprint density at radius 1 is 1.23 bits per heavy atom. The van der Waals surface area contributed by atoms with E-state index < -0.39 is 0 Å². The van der Waals surface area contributed by atoms with Crippen LogP contribution in [0.4, 0.5) is 9.59 Å². The molecule has 3 saturated heterocycles. The third-order valence-electron chi connectivity index (χ3n) is 6.07. The topological polar surface area (TPSA) is 102 Å². The molecule has 168 valence electrons. The van der Waals surface area contributed by atoms with Crippen LogP contribution in [0.3, 0.4) is 0 Å². The third-order valence-corrected chi connectivity index (χ3v) is 6.07. The highest BCUT2D eigenvalue weighted by molar-refractivity contribution is 5.95. The van der Waals surface area contributed by atoms with Crippen molar-refractivity contribution >= 4 is 18.3 Å². The Bertz CT molecular complexity index is 830. The number of piperidine rings is 1. The zero-order chi connectivity index (χ0) is 21.8. The summed E-state index contributed by atoms with van der Waals surface area (Å²) < 4.78 is 16.8. The molecule has 3 fully saturated rings. The number of amides is 4. The van der Waals surface area contributed by atoms with E-state index in [4.69, 9.17) is 19.0 Å². The van der Waals surface area contributed by atoms with Crippen LogP contribution in [0.1, 0.15) is 24.8 Å². The fourth-order valence-corrected chi connectivity index (χ4v) is 4.33. The maximum atomic E-state index is 12.5. The standard InChI is InChI=1S/C21H28N4O6/c1-28-17-4-3-5-18(29-2)16(17)13-23-31-15-12-21(30-14-15)6-9-24(10-7-21)20(27)25-11-8-22-19(25)26/h3-5,13,15H,6-12,14H2,1-2H3,(H,22,26)/b23-13+. The Hall–Kier alpha value is -3.01. The van der Waals surface area contributed by atoms with Crippen molar-refractivity contribution in [3.63, 3.8) is 0 Å². The molecule has 10 nitrogen and oxygen atoms in total. The van der Waals surface area contributed by atoms with E-state index in [0.717, 1.165) is 0 Å². The Morgan fingerprint density at radius 3 is 2.55 bits per heavy atom. The normalized spacial score (nSPS) is 22.8. The Morgan fingerprint density at radius 2 is 1.94 bits per heavy atom. The lowest BCUT2D eigenvalue weighted by Gasteiger charge is -2.39. The number of imide groups is 1. The van der Waals surface area contributed by atoms with Crippen LogP contribution in [0.25, 0.3) is 0 Å². The van der Waals surface area contributed by atoms with Crippen LogP contribution < -0.4 is 14.8 Å². The van der Waals surface area contributed by atoms with E-state index in [1.807, 2.05) is 18.2 Å². The summed E-state index contributed by atoms with van der Waals surface area (Å²) in [6, 6.07) is 4.96. The van der Waals surface area contributed by atoms with Crippen molar-refractivity contribution in [2.75, 3.05) is 47.0 Å². The van der Waals surface area contributed by atoms with Gasteiger partial charge in [0.2, 0.25) is 0 Å². The minimum Gasteiger partial charge on any atom is -0.496 e. The summed E-state index contributed by atoms with van der Waals surface area (Å²) in [6.07, 6.45) is 3.55. The van der Waals surface area contributed by atoms with Crippen molar-refractivity contribution in [3.05, 3.63) is 23.8 Å². The second kappa shape index (κ2) is 9.01. The molecule has 0 saturated carbocycles. The lowest BCUT2D eigenvalue weighted by molar-refractivity contribution is -0.0395. The smallest absolute Gasteiger partial charge is 0.328 e. The van der Waals surface area contributed by atoms with Gasteiger partial charge in [-0.2, -0.15) is 0 Å². The number of likely N-dealkylation sites (tertiary alicyclic amines) is 1. The van der Waals surface area contributed by atoms with Gasteiger partial charge in [0.15, 0.2) is 6.10 Å². The van der Waals surface area contributed by atoms with Crippen molar-refractivity contribution < 1.29 is 28.6 Å². The van der Waals surface area contributed by atoms with Crippen molar-refractivity contribution in [2.45, 2.75) is 31.0 Å². The molecule has 4 amide bonds. The largest absolute Gasteiger partial charge is 0.496 e. The fraction of sp³-hybridized carbons (Fsp3) is 0.571. The second-order valence-electron chi connectivity index (χ2n) is 7.89. The predicted molar refractivity (Wildman–Crippen MR) is 112 cm³/mol. The quantitative estimate of drug-likeness (QED) is 0.563. The van der Waals surface area contributed by atoms with Gasteiger partial charge >= 0.3 is 12.1 Å². The van der Waals surface area contributed by atoms with E-state index in [1.54, 1.807) is 25.3 Å².